The first kappa shape index (κ1) is 83.6. The Kier molecular flexibility index (Phi) is 294. The molecule has 0 amide bonds. The smallest absolute Gasteiger partial charge is 1.00 e. The molecule has 0 aliphatic rings. The summed E-state index contributed by atoms with van der Waals surface area (Å²) in [5.74, 6) is 0. The van der Waals surface area contributed by atoms with Gasteiger partial charge in [-0.05, 0) is 0 Å². The standard InChI is InChI=1S/5Ba.6ClH.O4Si/c;;;;;;;;;;;1-5(2,3)4/h;;;;;6*1H;/q5*+2;;;;;;;-4/p-6. The van der Waals surface area contributed by atoms with Crippen LogP contribution in [0.5, 0.6) is 0 Å². The maximum absolute atomic E-state index is 8.58. The summed E-state index contributed by atoms with van der Waals surface area (Å²) in [5.41, 5.74) is 0. The van der Waals surface area contributed by atoms with Crippen molar-refractivity contribution in [3.63, 3.8) is 0 Å². The summed E-state index contributed by atoms with van der Waals surface area (Å²) in [6, 6.07) is 0. The number of halogens is 6. The number of hydrogen-bond donors (Lipinski definition) is 0. The third kappa shape index (κ3) is 130. The third-order valence-electron chi connectivity index (χ3n) is 0. The summed E-state index contributed by atoms with van der Waals surface area (Å²) in [6.07, 6.45) is 0. The van der Waals surface area contributed by atoms with Gasteiger partial charge in [0, 0.05) is 0 Å². The van der Waals surface area contributed by atoms with Gasteiger partial charge in [0.25, 0.3) is 0 Å². The molecule has 0 aromatic heterocycles. The summed E-state index contributed by atoms with van der Waals surface area (Å²) in [7, 11) is -5.61. The second-order valence-corrected chi connectivity index (χ2v) is 1.50. The first-order valence-electron chi connectivity index (χ1n) is 0.816. The van der Waals surface area contributed by atoms with E-state index in [9.17, 15) is 0 Å². The molecule has 80 valence electrons. The fourth-order valence-corrected chi connectivity index (χ4v) is 0. The Morgan fingerprint density at radius 1 is 0.375 bits per heavy atom. The van der Waals surface area contributed by atoms with Gasteiger partial charge in [0.2, 0.25) is 0 Å². The van der Waals surface area contributed by atoms with E-state index in [-0.39, 0.29) is 319 Å². The van der Waals surface area contributed by atoms with E-state index >= 15 is 0 Å². The van der Waals surface area contributed by atoms with Crippen LogP contribution in [0.2, 0.25) is 0 Å². The van der Waals surface area contributed by atoms with Gasteiger partial charge in [-0.3, -0.25) is 0 Å². The molecule has 0 aliphatic carbocycles. The van der Waals surface area contributed by atoms with Crippen molar-refractivity contribution in [1.29, 1.82) is 0 Å². The van der Waals surface area contributed by atoms with Crippen LogP contribution in [0.3, 0.4) is 0 Å². The number of rotatable bonds is 0. The van der Waals surface area contributed by atoms with Crippen molar-refractivity contribution in [1.82, 2.24) is 0 Å². The summed E-state index contributed by atoms with van der Waals surface area (Å²) >= 11 is 0. The Hall–Kier alpha value is 9.65. The van der Waals surface area contributed by atoms with E-state index in [4.69, 9.17) is 19.2 Å². The van der Waals surface area contributed by atoms with Gasteiger partial charge in [-0.25, -0.2) is 0 Å². The molecule has 16 heavy (non-hydrogen) atoms. The van der Waals surface area contributed by atoms with Crippen molar-refractivity contribution >= 4 is 253 Å². The molecule has 4 nitrogen and oxygen atoms in total. The largest absolute Gasteiger partial charge is 2.00 e. The van der Waals surface area contributed by atoms with Crippen LogP contribution in [0.4, 0.5) is 0 Å². The fourth-order valence-electron chi connectivity index (χ4n) is 0. The zero-order chi connectivity index (χ0) is 4.50. The number of hydrogen-bond acceptors (Lipinski definition) is 4. The molecule has 0 spiro atoms. The molecule has 16 heteroatoms. The van der Waals surface area contributed by atoms with Crippen LogP contribution in [0, 0.1) is 0 Å². The Morgan fingerprint density at radius 2 is 0.375 bits per heavy atom. The maximum Gasteiger partial charge on any atom is 2.00 e. The second kappa shape index (κ2) is 56.3. The van der Waals surface area contributed by atoms with Crippen molar-refractivity contribution in [2.24, 2.45) is 0 Å². The molecular weight excluding hydrogens is 991 g/mol. The molecule has 0 unspecified atom stereocenters. The normalized spacial score (nSPS) is 3.75. The van der Waals surface area contributed by atoms with Crippen LogP contribution in [0.25, 0.3) is 0 Å². The van der Waals surface area contributed by atoms with Crippen LogP contribution >= 0.6 is 0 Å². The van der Waals surface area contributed by atoms with E-state index in [1.807, 2.05) is 0 Å². The molecule has 0 aromatic rings. The minimum Gasteiger partial charge on any atom is -1.00 e. The Morgan fingerprint density at radius 3 is 0.375 bits per heavy atom. The van der Waals surface area contributed by atoms with Crippen LogP contribution in [0.15, 0.2) is 0 Å². The van der Waals surface area contributed by atoms with Crippen molar-refractivity contribution in [2.75, 3.05) is 0 Å². The molecule has 0 radical (unpaired) electrons. The minimum absolute atomic E-state index is 0. The summed E-state index contributed by atoms with van der Waals surface area (Å²) in [6.45, 7) is 0. The first-order valence-corrected chi connectivity index (χ1v) is 2.45. The minimum atomic E-state index is -5.61. The molecule has 0 rings (SSSR count). The average molecular weight is 991 g/mol. The van der Waals surface area contributed by atoms with Crippen molar-refractivity contribution < 1.29 is 93.6 Å². The van der Waals surface area contributed by atoms with Crippen LogP contribution in [0.1, 0.15) is 0 Å². The molecule has 0 saturated heterocycles. The molecule has 0 bridgehead atoms. The summed E-state index contributed by atoms with van der Waals surface area (Å²) in [5, 5.41) is 0. The van der Waals surface area contributed by atoms with Crippen molar-refractivity contribution in [3.8, 4) is 0 Å². The second-order valence-electron chi connectivity index (χ2n) is 0.500. The SMILES string of the molecule is [Ba+2].[Ba+2].[Ba+2].[Ba+2].[Ba+2].[Cl-].[Cl-].[Cl-].[Cl-].[Cl-].[Cl-].[O-][Si]([O-])([O-])[O-]. The van der Waals surface area contributed by atoms with E-state index in [2.05, 4.69) is 0 Å². The van der Waals surface area contributed by atoms with Crippen molar-refractivity contribution in [3.05, 3.63) is 0 Å². The quantitative estimate of drug-likeness (QED) is 0.226. The molecule has 0 fully saturated rings. The van der Waals surface area contributed by atoms with E-state index in [0.717, 1.165) is 0 Å². The predicted octanol–water partition coefficient (Wildman–Crippen LogP) is -25.0. The Bertz CT molecular complexity index is 44.4. The third-order valence-corrected chi connectivity index (χ3v) is 0. The molecule has 0 aliphatic heterocycles. The van der Waals surface area contributed by atoms with E-state index in [0.29, 0.717) is 0 Å². The first-order chi connectivity index (χ1) is 2.00. The molecule has 0 saturated carbocycles. The van der Waals surface area contributed by atoms with E-state index in [1.54, 1.807) is 0 Å². The van der Waals surface area contributed by atoms with Crippen LogP contribution < -0.4 is 93.6 Å². The molecule has 0 heterocycles. The monoisotopic (exact) mass is 991 g/mol. The molecule has 0 aromatic carbocycles. The Labute approximate surface area is 335 Å². The van der Waals surface area contributed by atoms with Gasteiger partial charge in [-0.15, -0.1) is 0 Å². The van der Waals surface area contributed by atoms with Gasteiger partial charge in [-0.1, -0.05) is 0 Å². The van der Waals surface area contributed by atoms with Crippen LogP contribution in [-0.2, 0) is 0 Å². The maximum atomic E-state index is 8.58. The van der Waals surface area contributed by atoms with Crippen LogP contribution in [-0.4, -0.2) is 253 Å². The van der Waals surface area contributed by atoms with Crippen molar-refractivity contribution in [2.45, 2.75) is 0 Å². The van der Waals surface area contributed by atoms with Gasteiger partial charge in [-0.2, -0.15) is 0 Å². The van der Waals surface area contributed by atoms with E-state index in [1.165, 1.54) is 0 Å². The average Bonchev–Trinajstić information content (AvgIpc) is 0.722. The topological polar surface area (TPSA) is 92.2 Å². The summed E-state index contributed by atoms with van der Waals surface area (Å²) in [4.78, 5) is 34.3. The van der Waals surface area contributed by atoms with Gasteiger partial charge in [0.15, 0.2) is 0 Å². The van der Waals surface area contributed by atoms with Gasteiger partial charge >= 0.3 is 244 Å². The Balaban J connectivity index is -0.00000000145. The molecular formula is Ba5Cl6O4Si. The van der Waals surface area contributed by atoms with Gasteiger partial charge < -0.3 is 103 Å². The fraction of sp³-hybridized carbons (Fsp3) is 0. The predicted molar refractivity (Wildman–Crippen MR) is 34.5 cm³/mol. The van der Waals surface area contributed by atoms with Gasteiger partial charge in [0.1, 0.15) is 0 Å². The molecule has 0 N–H and O–H groups in total. The zero-order valence-electron chi connectivity index (χ0n) is 7.94. The zero-order valence-corrected chi connectivity index (χ0v) is 35.7. The van der Waals surface area contributed by atoms with E-state index < -0.39 is 9.05 Å². The molecule has 0 atom stereocenters. The van der Waals surface area contributed by atoms with Gasteiger partial charge in [0.05, 0.1) is 0 Å². The summed E-state index contributed by atoms with van der Waals surface area (Å²) < 4.78 is 0.